The van der Waals surface area contributed by atoms with Crippen LogP contribution in [0.15, 0.2) is 11.3 Å². The Balaban J connectivity index is 0.00000576. The van der Waals surface area contributed by atoms with Crippen LogP contribution in [0, 0.1) is 0 Å². The number of halogens is 1. The second-order valence-corrected chi connectivity index (χ2v) is 5.45. The van der Waals surface area contributed by atoms with Gasteiger partial charge in [0.25, 0.3) is 0 Å². The van der Waals surface area contributed by atoms with Crippen LogP contribution in [-0.4, -0.2) is 76.2 Å². The third kappa shape index (κ3) is 7.57. The van der Waals surface area contributed by atoms with Gasteiger partial charge in [-0.15, -0.1) is 34.2 Å². The Morgan fingerprint density at radius 1 is 1.28 bits per heavy atom. The zero-order valence-electron chi connectivity index (χ0n) is 16.0. The average Bonchev–Trinajstić information content (AvgIpc) is 3.02. The molecular formula is C16H32IN7O. The fraction of sp³-hybridized carbons (Fsp3) is 0.750. The minimum atomic E-state index is 0. The van der Waals surface area contributed by atoms with E-state index in [1.54, 1.807) is 6.33 Å². The van der Waals surface area contributed by atoms with Gasteiger partial charge in [-0.05, 0) is 20.8 Å². The molecular weight excluding hydrogens is 433 g/mol. The van der Waals surface area contributed by atoms with E-state index in [2.05, 4.69) is 27.4 Å². The van der Waals surface area contributed by atoms with E-state index >= 15 is 0 Å². The highest BCUT2D eigenvalue weighted by atomic mass is 127. The lowest BCUT2D eigenvalue weighted by Gasteiger charge is -2.25. The Kier molecular flexibility index (Phi) is 12.2. The molecule has 1 aromatic rings. The molecule has 9 heteroatoms. The maximum atomic E-state index is 12.2. The molecule has 0 fully saturated rings. The molecule has 1 aromatic heterocycles. The van der Waals surface area contributed by atoms with E-state index in [1.165, 1.54) is 0 Å². The van der Waals surface area contributed by atoms with E-state index in [1.807, 2.05) is 42.2 Å². The number of aliphatic imine (C=N–C) groups is 1. The van der Waals surface area contributed by atoms with Crippen molar-refractivity contribution in [2.24, 2.45) is 4.99 Å². The number of guanidine groups is 1. The van der Waals surface area contributed by atoms with Crippen molar-refractivity contribution in [1.82, 2.24) is 29.9 Å². The number of likely N-dealkylation sites (N-methyl/N-ethyl adjacent to an activating group) is 2. The van der Waals surface area contributed by atoms with Crippen molar-refractivity contribution in [3.8, 4) is 0 Å². The summed E-state index contributed by atoms with van der Waals surface area (Å²) in [5.74, 6) is 1.81. The third-order valence-corrected chi connectivity index (χ3v) is 3.80. The standard InChI is InChI=1S/C16H31N7O.HI/c1-6-14-20-19-13-23(14)11-10-18-16(17-7-2)21(5)12-15(24)22(8-3)9-4;/h13H,6-12H2,1-5H3,(H,17,18);1H. The molecule has 0 bridgehead atoms. The van der Waals surface area contributed by atoms with E-state index in [0.29, 0.717) is 13.1 Å². The van der Waals surface area contributed by atoms with Gasteiger partial charge in [0.1, 0.15) is 12.2 Å². The molecule has 0 aromatic carbocycles. The minimum Gasteiger partial charge on any atom is -0.357 e. The molecule has 0 saturated heterocycles. The predicted molar refractivity (Wildman–Crippen MR) is 111 cm³/mol. The first-order chi connectivity index (χ1) is 11.6. The number of nitrogens with zero attached hydrogens (tertiary/aromatic N) is 6. The number of carbonyl (C=O) groups excluding carboxylic acids is 1. The molecule has 1 rings (SSSR count). The van der Waals surface area contributed by atoms with Gasteiger partial charge in [0, 0.05) is 39.6 Å². The van der Waals surface area contributed by atoms with Crippen LogP contribution in [0.2, 0.25) is 0 Å². The first-order valence-electron chi connectivity index (χ1n) is 8.71. The maximum Gasteiger partial charge on any atom is 0.242 e. The molecule has 0 unspecified atom stereocenters. The molecule has 1 heterocycles. The van der Waals surface area contributed by atoms with E-state index in [4.69, 9.17) is 0 Å². The molecule has 0 aliphatic rings. The molecule has 1 amide bonds. The van der Waals surface area contributed by atoms with Gasteiger partial charge >= 0.3 is 0 Å². The number of amides is 1. The van der Waals surface area contributed by atoms with Gasteiger partial charge in [-0.25, -0.2) is 0 Å². The number of aromatic nitrogens is 3. The number of nitrogens with one attached hydrogen (secondary N) is 1. The molecule has 0 spiro atoms. The first-order valence-corrected chi connectivity index (χ1v) is 8.71. The van der Waals surface area contributed by atoms with Gasteiger partial charge in [0.05, 0.1) is 13.1 Å². The quantitative estimate of drug-likeness (QED) is 0.337. The highest BCUT2D eigenvalue weighted by Crippen LogP contribution is 1.97. The molecule has 0 aliphatic heterocycles. The van der Waals surface area contributed by atoms with E-state index in [0.717, 1.165) is 44.4 Å². The van der Waals surface area contributed by atoms with Crippen LogP contribution in [0.25, 0.3) is 0 Å². The monoisotopic (exact) mass is 465 g/mol. The summed E-state index contributed by atoms with van der Waals surface area (Å²) < 4.78 is 2.01. The minimum absolute atomic E-state index is 0. The van der Waals surface area contributed by atoms with Gasteiger partial charge in [0.15, 0.2) is 5.96 Å². The summed E-state index contributed by atoms with van der Waals surface area (Å²) >= 11 is 0. The second kappa shape index (κ2) is 12.9. The van der Waals surface area contributed by atoms with E-state index in [9.17, 15) is 4.79 Å². The van der Waals surface area contributed by atoms with Crippen molar-refractivity contribution in [3.63, 3.8) is 0 Å². The van der Waals surface area contributed by atoms with Crippen molar-refractivity contribution < 1.29 is 4.79 Å². The maximum absolute atomic E-state index is 12.2. The first kappa shape index (κ1) is 23.6. The number of hydrogen-bond donors (Lipinski definition) is 1. The van der Waals surface area contributed by atoms with Crippen molar-refractivity contribution in [1.29, 1.82) is 0 Å². The molecule has 8 nitrogen and oxygen atoms in total. The largest absolute Gasteiger partial charge is 0.357 e. The van der Waals surface area contributed by atoms with Gasteiger partial charge in [-0.2, -0.15) is 0 Å². The summed E-state index contributed by atoms with van der Waals surface area (Å²) in [5.41, 5.74) is 0. The number of hydrogen-bond acceptors (Lipinski definition) is 4. The van der Waals surface area contributed by atoms with Crippen LogP contribution in [0.3, 0.4) is 0 Å². The normalized spacial score (nSPS) is 11.0. The zero-order valence-corrected chi connectivity index (χ0v) is 18.4. The van der Waals surface area contributed by atoms with E-state index < -0.39 is 0 Å². The lowest BCUT2D eigenvalue weighted by molar-refractivity contribution is -0.131. The van der Waals surface area contributed by atoms with E-state index in [-0.39, 0.29) is 29.9 Å². The molecule has 25 heavy (non-hydrogen) atoms. The molecule has 0 aliphatic carbocycles. The van der Waals surface area contributed by atoms with Gasteiger partial charge in [-0.3, -0.25) is 9.79 Å². The van der Waals surface area contributed by atoms with Crippen molar-refractivity contribution in [3.05, 3.63) is 12.2 Å². The fourth-order valence-electron chi connectivity index (χ4n) is 2.43. The summed E-state index contributed by atoms with van der Waals surface area (Å²) in [5, 5.41) is 11.2. The Morgan fingerprint density at radius 2 is 1.96 bits per heavy atom. The predicted octanol–water partition coefficient (Wildman–Crippen LogP) is 1.22. The Morgan fingerprint density at radius 3 is 2.52 bits per heavy atom. The highest BCUT2D eigenvalue weighted by molar-refractivity contribution is 14.0. The van der Waals surface area contributed by atoms with Gasteiger partial charge in [-0.1, -0.05) is 6.92 Å². The summed E-state index contributed by atoms with van der Waals surface area (Å²) in [6.45, 7) is 11.9. The molecule has 0 atom stereocenters. The topological polar surface area (TPSA) is 78.6 Å². The van der Waals surface area contributed by atoms with Crippen LogP contribution in [0.1, 0.15) is 33.5 Å². The Hall–Kier alpha value is -1.39. The van der Waals surface area contributed by atoms with Crippen LogP contribution in [0.5, 0.6) is 0 Å². The summed E-state index contributed by atoms with van der Waals surface area (Å²) in [6.07, 6.45) is 2.58. The molecule has 144 valence electrons. The third-order valence-electron chi connectivity index (χ3n) is 3.80. The summed E-state index contributed by atoms with van der Waals surface area (Å²) in [6, 6.07) is 0. The summed E-state index contributed by atoms with van der Waals surface area (Å²) in [4.78, 5) is 20.6. The van der Waals surface area contributed by atoms with Crippen molar-refractivity contribution in [2.75, 3.05) is 39.8 Å². The number of carbonyl (C=O) groups is 1. The molecule has 0 saturated carbocycles. The lowest BCUT2D eigenvalue weighted by Crippen LogP contribution is -2.45. The second-order valence-electron chi connectivity index (χ2n) is 5.45. The summed E-state index contributed by atoms with van der Waals surface area (Å²) in [7, 11) is 1.89. The average molecular weight is 465 g/mol. The van der Waals surface area contributed by atoms with Gasteiger partial charge < -0.3 is 19.7 Å². The SMILES string of the molecule is CCNC(=NCCn1cnnc1CC)N(C)CC(=O)N(CC)CC.I. The number of aryl methyl sites for hydroxylation is 1. The highest BCUT2D eigenvalue weighted by Gasteiger charge is 2.14. The fourth-order valence-corrected chi connectivity index (χ4v) is 2.43. The van der Waals surface area contributed by atoms with Crippen LogP contribution >= 0.6 is 24.0 Å². The van der Waals surface area contributed by atoms with Gasteiger partial charge in [0.2, 0.25) is 5.91 Å². The van der Waals surface area contributed by atoms with Crippen molar-refractivity contribution in [2.45, 2.75) is 40.7 Å². The Bertz CT molecular complexity index is 528. The zero-order chi connectivity index (χ0) is 17.9. The van der Waals surface area contributed by atoms with Crippen molar-refractivity contribution >= 4 is 35.8 Å². The smallest absolute Gasteiger partial charge is 0.242 e. The van der Waals surface area contributed by atoms with Crippen LogP contribution < -0.4 is 5.32 Å². The Labute approximate surface area is 168 Å². The van der Waals surface area contributed by atoms with Crippen LogP contribution in [-0.2, 0) is 17.8 Å². The molecule has 0 radical (unpaired) electrons. The van der Waals surface area contributed by atoms with Crippen LogP contribution in [0.4, 0.5) is 0 Å². The number of rotatable bonds is 9. The lowest BCUT2D eigenvalue weighted by atomic mass is 10.4. The molecule has 1 N–H and O–H groups in total.